The smallest absolute Gasteiger partial charge is 0.254 e. The molecule has 2 amide bonds. The van der Waals surface area contributed by atoms with E-state index in [0.717, 1.165) is 36.2 Å². The van der Waals surface area contributed by atoms with Crippen molar-refractivity contribution in [1.82, 2.24) is 14.7 Å². The van der Waals surface area contributed by atoms with E-state index in [1.165, 1.54) is 5.56 Å². The van der Waals surface area contributed by atoms with Gasteiger partial charge < -0.3 is 10.2 Å². The summed E-state index contributed by atoms with van der Waals surface area (Å²) >= 11 is 0. The van der Waals surface area contributed by atoms with E-state index in [1.807, 2.05) is 75.4 Å². The summed E-state index contributed by atoms with van der Waals surface area (Å²) in [5, 5.41) is 7.82. The van der Waals surface area contributed by atoms with Crippen LogP contribution in [0.15, 0.2) is 54.6 Å². The number of amides is 2. The molecule has 1 N–H and O–H groups in total. The maximum absolute atomic E-state index is 13.4. The van der Waals surface area contributed by atoms with Crippen LogP contribution in [-0.2, 0) is 16.6 Å². The van der Waals surface area contributed by atoms with Crippen LogP contribution in [0.3, 0.4) is 0 Å². The average molecular weight is 503 g/mol. The fourth-order valence-electron chi connectivity index (χ4n) is 4.11. The molecule has 0 spiro atoms. The first kappa shape index (κ1) is 28.2. The highest BCUT2D eigenvalue weighted by Crippen LogP contribution is 2.26. The fourth-order valence-corrected chi connectivity index (χ4v) is 4.11. The van der Waals surface area contributed by atoms with Crippen molar-refractivity contribution in [3.8, 4) is 5.69 Å². The molecule has 0 saturated heterocycles. The van der Waals surface area contributed by atoms with E-state index in [4.69, 9.17) is 5.10 Å². The first-order chi connectivity index (χ1) is 17.5. The minimum absolute atomic E-state index is 0.0292. The van der Waals surface area contributed by atoms with Crippen molar-refractivity contribution < 1.29 is 9.59 Å². The lowest BCUT2D eigenvalue weighted by molar-refractivity contribution is -0.117. The van der Waals surface area contributed by atoms with Crippen molar-refractivity contribution in [2.24, 2.45) is 5.92 Å². The normalized spacial score (nSPS) is 11.6. The second kappa shape index (κ2) is 12.2. The van der Waals surface area contributed by atoms with Gasteiger partial charge in [0.1, 0.15) is 12.4 Å². The number of unbranched alkanes of at least 4 members (excludes halogenated alkanes) is 1. The number of nitrogens with one attached hydrogen (secondary N) is 1. The van der Waals surface area contributed by atoms with Crippen LogP contribution in [0.4, 0.5) is 5.82 Å². The Labute approximate surface area is 222 Å². The Balaban J connectivity index is 1.81. The third kappa shape index (κ3) is 7.78. The van der Waals surface area contributed by atoms with Gasteiger partial charge in [-0.15, -0.1) is 0 Å². The lowest BCUT2D eigenvalue weighted by atomic mass is 9.92. The molecule has 1 aromatic heterocycles. The lowest BCUT2D eigenvalue weighted by Gasteiger charge is -2.24. The van der Waals surface area contributed by atoms with E-state index in [-0.39, 0.29) is 29.7 Å². The molecule has 0 saturated carbocycles. The van der Waals surface area contributed by atoms with Gasteiger partial charge >= 0.3 is 0 Å². The summed E-state index contributed by atoms with van der Waals surface area (Å²) in [5.41, 5.74) is 4.55. The quantitative estimate of drug-likeness (QED) is 0.341. The summed E-state index contributed by atoms with van der Waals surface area (Å²) in [5.74, 6) is 0.442. The third-order valence-electron chi connectivity index (χ3n) is 6.25. The Kier molecular flexibility index (Phi) is 9.30. The van der Waals surface area contributed by atoms with Gasteiger partial charge in [-0.2, -0.15) is 5.10 Å². The summed E-state index contributed by atoms with van der Waals surface area (Å²) < 4.78 is 1.77. The molecule has 37 heavy (non-hydrogen) atoms. The Hall–Kier alpha value is -3.41. The van der Waals surface area contributed by atoms with Crippen LogP contribution in [0, 0.1) is 12.8 Å². The number of benzene rings is 2. The summed E-state index contributed by atoms with van der Waals surface area (Å²) in [7, 11) is 0. The molecule has 6 heteroatoms. The summed E-state index contributed by atoms with van der Waals surface area (Å²) in [6, 6.07) is 17.7. The van der Waals surface area contributed by atoms with Crippen molar-refractivity contribution in [2.75, 3.05) is 18.4 Å². The number of aromatic nitrogens is 2. The Bertz CT molecular complexity index is 1190. The fraction of sp³-hybridized carbons (Fsp3) is 0.452. The molecule has 0 bridgehead atoms. The number of hydrogen-bond donors (Lipinski definition) is 1. The Morgan fingerprint density at radius 1 is 1.03 bits per heavy atom. The second-order valence-electron chi connectivity index (χ2n) is 11.3. The molecule has 0 aliphatic carbocycles. The molecule has 0 radical (unpaired) electrons. The predicted molar refractivity (Wildman–Crippen MR) is 151 cm³/mol. The molecule has 1 heterocycles. The molecule has 2 aromatic carbocycles. The number of anilines is 1. The van der Waals surface area contributed by atoms with E-state index in [2.05, 4.69) is 33.0 Å². The van der Waals surface area contributed by atoms with Crippen LogP contribution in [0.1, 0.15) is 81.6 Å². The molecule has 0 atom stereocenters. The lowest BCUT2D eigenvalue weighted by Crippen LogP contribution is -2.40. The number of aryl methyl sites for hydroxylation is 2. The third-order valence-corrected chi connectivity index (χ3v) is 6.25. The highest BCUT2D eigenvalue weighted by atomic mass is 16.2. The first-order valence-electron chi connectivity index (χ1n) is 13.3. The van der Waals surface area contributed by atoms with Crippen LogP contribution < -0.4 is 5.32 Å². The average Bonchev–Trinajstić information content (AvgIpc) is 3.26. The molecule has 6 nitrogen and oxygen atoms in total. The van der Waals surface area contributed by atoms with Crippen molar-refractivity contribution in [2.45, 2.75) is 73.1 Å². The maximum Gasteiger partial charge on any atom is 0.254 e. The predicted octanol–water partition coefficient (Wildman–Crippen LogP) is 6.56. The highest BCUT2D eigenvalue weighted by Gasteiger charge is 2.24. The standard InChI is InChI=1S/C31H42N4O2/c1-8-9-10-24-13-15-25(16-14-24)30(37)34(20-22(2)3)21-29(36)32-28-19-27(31(5,6)7)33-35(28)26-17-11-23(4)12-18-26/h11-19,22H,8-10,20-21H2,1-7H3,(H,32,36). The van der Waals surface area contributed by atoms with Gasteiger partial charge in [-0.1, -0.05) is 77.8 Å². The van der Waals surface area contributed by atoms with Crippen LogP contribution in [0.25, 0.3) is 5.69 Å². The van der Waals surface area contributed by atoms with Gasteiger partial charge in [-0.25, -0.2) is 4.68 Å². The van der Waals surface area contributed by atoms with Gasteiger partial charge in [0.2, 0.25) is 5.91 Å². The zero-order valence-corrected chi connectivity index (χ0v) is 23.5. The molecular weight excluding hydrogens is 460 g/mol. The summed E-state index contributed by atoms with van der Waals surface area (Å²) in [4.78, 5) is 28.3. The Morgan fingerprint density at radius 2 is 1.68 bits per heavy atom. The van der Waals surface area contributed by atoms with Gasteiger partial charge in [-0.05, 0) is 55.5 Å². The molecule has 0 fully saturated rings. The molecule has 198 valence electrons. The molecule has 3 rings (SSSR count). The van der Waals surface area contributed by atoms with Gasteiger partial charge in [0.15, 0.2) is 0 Å². The van der Waals surface area contributed by atoms with Crippen molar-refractivity contribution in [3.63, 3.8) is 0 Å². The van der Waals surface area contributed by atoms with E-state index < -0.39 is 0 Å². The van der Waals surface area contributed by atoms with E-state index >= 15 is 0 Å². The molecule has 0 aliphatic rings. The largest absolute Gasteiger partial charge is 0.329 e. The molecular formula is C31H42N4O2. The SMILES string of the molecule is CCCCc1ccc(C(=O)N(CC(=O)Nc2cc(C(C)(C)C)nn2-c2ccc(C)cc2)CC(C)C)cc1. The topological polar surface area (TPSA) is 67.2 Å². The number of rotatable bonds is 10. The van der Waals surface area contributed by atoms with Gasteiger partial charge in [0.25, 0.3) is 5.91 Å². The van der Waals surface area contributed by atoms with E-state index in [9.17, 15) is 9.59 Å². The highest BCUT2D eigenvalue weighted by molar-refractivity contribution is 5.99. The summed E-state index contributed by atoms with van der Waals surface area (Å²) in [6.07, 6.45) is 3.27. The monoisotopic (exact) mass is 502 g/mol. The van der Waals surface area contributed by atoms with Crippen LogP contribution >= 0.6 is 0 Å². The minimum atomic E-state index is -0.248. The van der Waals surface area contributed by atoms with Gasteiger partial charge in [0, 0.05) is 23.6 Å². The van der Waals surface area contributed by atoms with Crippen LogP contribution in [0.5, 0.6) is 0 Å². The second-order valence-corrected chi connectivity index (χ2v) is 11.3. The number of carbonyl (C=O) groups is 2. The van der Waals surface area contributed by atoms with E-state index in [0.29, 0.717) is 17.9 Å². The van der Waals surface area contributed by atoms with E-state index in [1.54, 1.807) is 9.58 Å². The van der Waals surface area contributed by atoms with Crippen molar-refractivity contribution in [1.29, 1.82) is 0 Å². The zero-order valence-electron chi connectivity index (χ0n) is 23.5. The number of hydrogen-bond acceptors (Lipinski definition) is 3. The van der Waals surface area contributed by atoms with Crippen molar-refractivity contribution >= 4 is 17.6 Å². The van der Waals surface area contributed by atoms with Gasteiger partial charge in [-0.3, -0.25) is 9.59 Å². The molecule has 0 unspecified atom stereocenters. The minimum Gasteiger partial charge on any atom is -0.329 e. The molecule has 3 aromatic rings. The number of nitrogens with zero attached hydrogens (tertiary/aromatic N) is 3. The number of carbonyl (C=O) groups excluding carboxylic acids is 2. The van der Waals surface area contributed by atoms with Gasteiger partial charge in [0.05, 0.1) is 11.4 Å². The maximum atomic E-state index is 13.4. The first-order valence-corrected chi connectivity index (χ1v) is 13.3. The molecule has 0 aliphatic heterocycles. The van der Waals surface area contributed by atoms with Crippen LogP contribution in [0.2, 0.25) is 0 Å². The van der Waals surface area contributed by atoms with Crippen molar-refractivity contribution in [3.05, 3.63) is 77.0 Å². The summed E-state index contributed by atoms with van der Waals surface area (Å²) in [6.45, 7) is 15.1. The zero-order chi connectivity index (χ0) is 27.2. The Morgan fingerprint density at radius 3 is 2.24 bits per heavy atom. The van der Waals surface area contributed by atoms with Crippen LogP contribution in [-0.4, -0.2) is 39.6 Å².